The number of nitrogen functional groups attached to an aromatic ring is 1. The number of aromatic amines is 1. The van der Waals surface area contributed by atoms with Crippen molar-refractivity contribution in [3.63, 3.8) is 0 Å². The fourth-order valence-corrected chi connectivity index (χ4v) is 2.22. The maximum absolute atomic E-state index is 14.1. The predicted octanol–water partition coefficient (Wildman–Crippen LogP) is 2.58. The monoisotopic (exact) mass is 315 g/mol. The molecule has 0 unspecified atom stereocenters. The van der Waals surface area contributed by atoms with E-state index in [0.29, 0.717) is 15.9 Å². The first-order valence-corrected chi connectivity index (χ1v) is 5.79. The van der Waals surface area contributed by atoms with Crippen LogP contribution in [-0.4, -0.2) is 24.4 Å². The molecule has 0 radical (unpaired) electrons. The largest absolute Gasteiger partial charge is 0.492 e. The van der Waals surface area contributed by atoms with E-state index < -0.39 is 5.82 Å². The first kappa shape index (κ1) is 12.7. The van der Waals surface area contributed by atoms with Crippen LogP contribution in [0, 0.1) is 5.82 Å². The lowest BCUT2D eigenvalue weighted by atomic mass is 10.1. The highest BCUT2D eigenvalue weighted by Crippen LogP contribution is 2.44. The smallest absolute Gasteiger partial charge is 0.175 e. The lowest BCUT2D eigenvalue weighted by Gasteiger charge is -2.14. The van der Waals surface area contributed by atoms with Crippen LogP contribution in [0.25, 0.3) is 11.3 Å². The van der Waals surface area contributed by atoms with Crippen LogP contribution in [-0.2, 0) is 0 Å². The number of nitrogens with two attached hydrogens (primary N) is 1. The zero-order valence-electron chi connectivity index (χ0n) is 9.75. The number of methoxy groups -OCH3 is 2. The number of nitrogens with zero attached hydrogens (tertiary/aromatic N) is 1. The molecule has 1 heterocycles. The van der Waals surface area contributed by atoms with Crippen LogP contribution in [0.4, 0.5) is 10.2 Å². The van der Waals surface area contributed by atoms with E-state index in [0.717, 1.165) is 0 Å². The lowest BCUT2D eigenvalue weighted by molar-refractivity contribution is 0.352. The van der Waals surface area contributed by atoms with Crippen molar-refractivity contribution in [2.45, 2.75) is 0 Å². The minimum Gasteiger partial charge on any atom is -0.492 e. The van der Waals surface area contributed by atoms with Gasteiger partial charge in [-0.25, -0.2) is 4.39 Å². The maximum atomic E-state index is 14.1. The minimum atomic E-state index is -0.469. The highest BCUT2D eigenvalue weighted by atomic mass is 79.9. The Labute approximate surface area is 111 Å². The number of hydrogen-bond acceptors (Lipinski definition) is 4. The van der Waals surface area contributed by atoms with E-state index in [9.17, 15) is 4.39 Å². The third-order valence-electron chi connectivity index (χ3n) is 2.42. The van der Waals surface area contributed by atoms with Gasteiger partial charge in [0.05, 0.1) is 29.9 Å². The summed E-state index contributed by atoms with van der Waals surface area (Å²) < 4.78 is 24.9. The number of aromatic nitrogens is 2. The van der Waals surface area contributed by atoms with Crippen LogP contribution in [0.2, 0.25) is 0 Å². The molecule has 0 bridgehead atoms. The van der Waals surface area contributed by atoms with Gasteiger partial charge in [0.25, 0.3) is 0 Å². The molecule has 18 heavy (non-hydrogen) atoms. The van der Waals surface area contributed by atoms with E-state index in [4.69, 9.17) is 15.2 Å². The summed E-state index contributed by atoms with van der Waals surface area (Å²) in [7, 11) is 2.92. The lowest BCUT2D eigenvalue weighted by Crippen LogP contribution is -1.97. The Balaban J connectivity index is 2.73. The molecule has 0 aliphatic carbocycles. The zero-order valence-corrected chi connectivity index (χ0v) is 11.3. The number of hydrogen-bond donors (Lipinski definition) is 2. The Bertz CT molecular complexity index is 586. The quantitative estimate of drug-likeness (QED) is 0.913. The van der Waals surface area contributed by atoms with Crippen LogP contribution in [0.5, 0.6) is 11.5 Å². The van der Waals surface area contributed by atoms with Crippen molar-refractivity contribution >= 4 is 21.7 Å². The Hall–Kier alpha value is -1.76. The van der Waals surface area contributed by atoms with E-state index >= 15 is 0 Å². The highest BCUT2D eigenvalue weighted by Gasteiger charge is 2.21. The number of ether oxygens (including phenoxy) is 2. The summed E-state index contributed by atoms with van der Waals surface area (Å²) in [6.07, 6.45) is 0. The van der Waals surface area contributed by atoms with E-state index in [-0.39, 0.29) is 17.1 Å². The van der Waals surface area contributed by atoms with Gasteiger partial charge in [0.1, 0.15) is 11.6 Å². The van der Waals surface area contributed by atoms with Gasteiger partial charge >= 0.3 is 0 Å². The molecule has 0 saturated carbocycles. The molecular weight excluding hydrogens is 305 g/mol. The molecule has 3 N–H and O–H groups in total. The summed E-state index contributed by atoms with van der Waals surface area (Å²) >= 11 is 3.22. The molecule has 7 heteroatoms. The van der Waals surface area contributed by atoms with E-state index in [1.807, 2.05) is 0 Å². The topological polar surface area (TPSA) is 73.2 Å². The molecule has 0 saturated heterocycles. The second-order valence-electron chi connectivity index (χ2n) is 3.49. The Morgan fingerprint density at radius 3 is 2.44 bits per heavy atom. The van der Waals surface area contributed by atoms with Gasteiger partial charge in [0, 0.05) is 6.07 Å². The van der Waals surface area contributed by atoms with E-state index in [1.54, 1.807) is 0 Å². The van der Waals surface area contributed by atoms with Crippen LogP contribution < -0.4 is 15.2 Å². The average Bonchev–Trinajstić information content (AvgIpc) is 2.74. The van der Waals surface area contributed by atoms with Crippen molar-refractivity contribution < 1.29 is 13.9 Å². The van der Waals surface area contributed by atoms with Crippen molar-refractivity contribution in [3.8, 4) is 22.8 Å². The van der Waals surface area contributed by atoms with Crippen molar-refractivity contribution in [3.05, 3.63) is 22.4 Å². The normalized spacial score (nSPS) is 10.4. The highest BCUT2D eigenvalue weighted by molar-refractivity contribution is 9.10. The third kappa shape index (κ3) is 2.01. The summed E-state index contributed by atoms with van der Waals surface area (Å²) in [4.78, 5) is 0. The van der Waals surface area contributed by atoms with Gasteiger partial charge in [-0.05, 0) is 22.0 Å². The van der Waals surface area contributed by atoms with Gasteiger partial charge in [-0.15, -0.1) is 0 Å². The first-order chi connectivity index (χ1) is 8.58. The summed E-state index contributed by atoms with van der Waals surface area (Å²) in [6.45, 7) is 0. The van der Waals surface area contributed by atoms with Crippen molar-refractivity contribution in [1.82, 2.24) is 10.2 Å². The molecule has 5 nitrogen and oxygen atoms in total. The molecular formula is C11H11BrFN3O2. The minimum absolute atomic E-state index is 0.224. The number of rotatable bonds is 3. The molecule has 96 valence electrons. The fraction of sp³-hybridized carbons (Fsp3) is 0.182. The average molecular weight is 316 g/mol. The van der Waals surface area contributed by atoms with Crippen LogP contribution in [0.1, 0.15) is 0 Å². The second-order valence-corrected chi connectivity index (χ2v) is 4.34. The molecule has 0 atom stereocenters. The summed E-state index contributed by atoms with van der Waals surface area (Å²) in [5.74, 6) is 0.478. The standard InChI is InChI=1S/C11H11BrFN3O2/c1-17-10-5(12)3-6(13)9(11(10)18-2)7-4-8(14)16-15-7/h3-4H,1-2H3,(H3,14,15,16). The molecule has 1 aromatic heterocycles. The van der Waals surface area contributed by atoms with Crippen molar-refractivity contribution in [2.75, 3.05) is 20.0 Å². The number of halogens is 2. The van der Waals surface area contributed by atoms with Crippen LogP contribution in [0.15, 0.2) is 16.6 Å². The Morgan fingerprint density at radius 1 is 1.28 bits per heavy atom. The Kier molecular flexibility index (Phi) is 3.42. The number of benzene rings is 1. The fourth-order valence-electron chi connectivity index (χ4n) is 1.68. The molecule has 2 aromatic rings. The molecule has 0 spiro atoms. The molecule has 1 aromatic carbocycles. The van der Waals surface area contributed by atoms with Gasteiger partial charge in [-0.3, -0.25) is 5.10 Å². The summed E-state index contributed by atoms with van der Waals surface area (Å²) in [5, 5.41) is 6.41. The number of H-pyrrole nitrogens is 1. The molecule has 0 amide bonds. The summed E-state index contributed by atoms with van der Waals surface area (Å²) in [5.41, 5.74) is 6.16. The number of nitrogens with one attached hydrogen (secondary N) is 1. The van der Waals surface area contributed by atoms with Crippen LogP contribution >= 0.6 is 15.9 Å². The van der Waals surface area contributed by atoms with Gasteiger partial charge < -0.3 is 15.2 Å². The maximum Gasteiger partial charge on any atom is 0.175 e. The van der Waals surface area contributed by atoms with E-state index in [1.165, 1.54) is 26.4 Å². The van der Waals surface area contributed by atoms with Gasteiger partial charge in [-0.2, -0.15) is 5.10 Å². The predicted molar refractivity (Wildman–Crippen MR) is 69.2 cm³/mol. The van der Waals surface area contributed by atoms with Crippen molar-refractivity contribution in [1.29, 1.82) is 0 Å². The first-order valence-electron chi connectivity index (χ1n) is 4.99. The third-order valence-corrected chi connectivity index (χ3v) is 3.01. The molecule has 0 fully saturated rings. The van der Waals surface area contributed by atoms with Gasteiger partial charge in [-0.1, -0.05) is 0 Å². The second kappa shape index (κ2) is 4.85. The SMILES string of the molecule is COc1c(Br)cc(F)c(-c2cc(N)n[nH]2)c1OC. The van der Waals surface area contributed by atoms with E-state index in [2.05, 4.69) is 26.1 Å². The molecule has 2 rings (SSSR count). The van der Waals surface area contributed by atoms with Gasteiger partial charge in [0.2, 0.25) is 0 Å². The zero-order chi connectivity index (χ0) is 13.3. The van der Waals surface area contributed by atoms with Crippen molar-refractivity contribution in [2.24, 2.45) is 0 Å². The van der Waals surface area contributed by atoms with Gasteiger partial charge in [0.15, 0.2) is 11.5 Å². The Morgan fingerprint density at radius 2 is 1.94 bits per heavy atom. The summed E-state index contributed by atoms with van der Waals surface area (Å²) in [6, 6.07) is 2.82. The number of anilines is 1. The molecule has 0 aliphatic heterocycles. The van der Waals surface area contributed by atoms with Crippen LogP contribution in [0.3, 0.4) is 0 Å². The molecule has 0 aliphatic rings.